The molecule has 0 spiro atoms. The van der Waals surface area contributed by atoms with Crippen molar-refractivity contribution in [3.63, 3.8) is 0 Å². The predicted octanol–water partition coefficient (Wildman–Crippen LogP) is 1.04. The topological polar surface area (TPSA) is 72.3 Å². The quantitative estimate of drug-likeness (QED) is 0.787. The zero-order chi connectivity index (χ0) is 10.9. The normalized spacial score (nSPS) is 15.4. The van der Waals surface area contributed by atoms with Crippen LogP contribution in [0.1, 0.15) is 12.5 Å². The molecule has 2 rings (SSSR count). The van der Waals surface area contributed by atoms with Crippen LogP contribution in [0.15, 0.2) is 29.0 Å². The zero-order valence-corrected chi connectivity index (χ0v) is 8.60. The van der Waals surface area contributed by atoms with Crippen molar-refractivity contribution in [2.24, 2.45) is 5.73 Å². The van der Waals surface area contributed by atoms with Gasteiger partial charge in [-0.25, -0.2) is 4.98 Å². The highest BCUT2D eigenvalue weighted by Gasteiger charge is 2.24. The number of rotatable bonds is 3. The van der Waals surface area contributed by atoms with E-state index >= 15 is 0 Å². The molecule has 0 saturated heterocycles. The Morgan fingerprint density at radius 2 is 2.33 bits per heavy atom. The third kappa shape index (κ3) is 1.62. The average molecular weight is 206 g/mol. The van der Waals surface area contributed by atoms with Crippen LogP contribution in [0.3, 0.4) is 0 Å². The fraction of sp³-hybridized carbons (Fsp3) is 0.364. The molecule has 4 nitrogen and oxygen atoms in total. The van der Waals surface area contributed by atoms with Gasteiger partial charge in [0, 0.05) is 12.0 Å². The number of aliphatic hydroxyl groups is 1. The minimum atomic E-state index is -0.416. The highest BCUT2D eigenvalue weighted by molar-refractivity contribution is 5.73. The minimum Gasteiger partial charge on any atom is -0.443 e. The molecule has 15 heavy (non-hydrogen) atoms. The van der Waals surface area contributed by atoms with Crippen molar-refractivity contribution in [3.05, 3.63) is 30.2 Å². The van der Waals surface area contributed by atoms with Crippen LogP contribution in [-0.2, 0) is 5.41 Å². The van der Waals surface area contributed by atoms with Crippen molar-refractivity contribution in [2.75, 3.05) is 13.2 Å². The van der Waals surface area contributed by atoms with Crippen molar-refractivity contribution in [3.8, 4) is 0 Å². The standard InChI is InChI=1S/C11H14N2O2/c1-11(5-12,6-14)8-2-3-9-10(4-8)15-7-13-9/h2-4,7,14H,5-6,12H2,1H3. The van der Waals surface area contributed by atoms with E-state index in [0.29, 0.717) is 6.54 Å². The van der Waals surface area contributed by atoms with Crippen molar-refractivity contribution in [2.45, 2.75) is 12.3 Å². The first-order valence-corrected chi connectivity index (χ1v) is 4.84. The Labute approximate surface area is 87.7 Å². The van der Waals surface area contributed by atoms with Gasteiger partial charge in [-0.05, 0) is 17.7 Å². The largest absolute Gasteiger partial charge is 0.443 e. The molecule has 0 bridgehead atoms. The van der Waals surface area contributed by atoms with Gasteiger partial charge in [-0.15, -0.1) is 0 Å². The van der Waals surface area contributed by atoms with Gasteiger partial charge in [0.25, 0.3) is 0 Å². The van der Waals surface area contributed by atoms with E-state index in [1.165, 1.54) is 6.39 Å². The van der Waals surface area contributed by atoms with Crippen molar-refractivity contribution in [1.82, 2.24) is 4.98 Å². The zero-order valence-electron chi connectivity index (χ0n) is 8.60. The van der Waals surface area contributed by atoms with Gasteiger partial charge in [-0.3, -0.25) is 0 Å². The van der Waals surface area contributed by atoms with Gasteiger partial charge in [-0.2, -0.15) is 0 Å². The van der Waals surface area contributed by atoms with E-state index in [1.807, 2.05) is 25.1 Å². The molecule has 4 heteroatoms. The summed E-state index contributed by atoms with van der Waals surface area (Å²) in [6, 6.07) is 5.68. The van der Waals surface area contributed by atoms with Gasteiger partial charge in [-0.1, -0.05) is 13.0 Å². The lowest BCUT2D eigenvalue weighted by Crippen LogP contribution is -2.35. The highest BCUT2D eigenvalue weighted by atomic mass is 16.3. The van der Waals surface area contributed by atoms with Gasteiger partial charge in [0.15, 0.2) is 12.0 Å². The summed E-state index contributed by atoms with van der Waals surface area (Å²) in [6.45, 7) is 2.33. The summed E-state index contributed by atoms with van der Waals surface area (Å²) in [7, 11) is 0. The monoisotopic (exact) mass is 206 g/mol. The van der Waals surface area contributed by atoms with Gasteiger partial charge in [0.2, 0.25) is 0 Å². The van der Waals surface area contributed by atoms with Gasteiger partial charge < -0.3 is 15.3 Å². The summed E-state index contributed by atoms with van der Waals surface area (Å²) < 4.78 is 5.21. The number of fused-ring (bicyclic) bond motifs is 1. The Morgan fingerprint density at radius 1 is 1.53 bits per heavy atom. The second-order valence-corrected chi connectivity index (χ2v) is 3.96. The molecule has 1 heterocycles. The number of oxazole rings is 1. The predicted molar refractivity (Wildman–Crippen MR) is 57.5 cm³/mol. The number of aromatic nitrogens is 1. The van der Waals surface area contributed by atoms with Crippen LogP contribution in [-0.4, -0.2) is 23.2 Å². The summed E-state index contributed by atoms with van der Waals surface area (Å²) >= 11 is 0. The third-order valence-electron chi connectivity index (χ3n) is 2.83. The average Bonchev–Trinajstić information content (AvgIpc) is 2.74. The molecule has 0 radical (unpaired) electrons. The first-order chi connectivity index (χ1) is 7.19. The van der Waals surface area contributed by atoms with Crippen LogP contribution >= 0.6 is 0 Å². The molecule has 1 unspecified atom stereocenters. The number of benzene rings is 1. The van der Waals surface area contributed by atoms with Crippen LogP contribution in [0, 0.1) is 0 Å². The van der Waals surface area contributed by atoms with E-state index in [0.717, 1.165) is 16.7 Å². The number of hydrogen-bond donors (Lipinski definition) is 2. The van der Waals surface area contributed by atoms with E-state index in [1.54, 1.807) is 0 Å². The maximum Gasteiger partial charge on any atom is 0.181 e. The second kappa shape index (κ2) is 3.64. The van der Waals surface area contributed by atoms with Crippen LogP contribution in [0.4, 0.5) is 0 Å². The summed E-state index contributed by atoms with van der Waals surface area (Å²) in [5.41, 5.74) is 7.75. The lowest BCUT2D eigenvalue weighted by Gasteiger charge is -2.25. The van der Waals surface area contributed by atoms with Gasteiger partial charge in [0.1, 0.15) is 5.52 Å². The molecule has 0 amide bonds. The molecular weight excluding hydrogens is 192 g/mol. The number of nitrogens with two attached hydrogens (primary N) is 1. The van der Waals surface area contributed by atoms with Crippen LogP contribution < -0.4 is 5.73 Å². The van der Waals surface area contributed by atoms with Gasteiger partial charge >= 0.3 is 0 Å². The molecule has 2 aromatic rings. The molecule has 80 valence electrons. The summed E-state index contributed by atoms with van der Waals surface area (Å²) in [4.78, 5) is 4.03. The van der Waals surface area contributed by atoms with Crippen LogP contribution in [0.5, 0.6) is 0 Å². The molecule has 1 aromatic heterocycles. The Balaban J connectivity index is 2.51. The smallest absolute Gasteiger partial charge is 0.181 e. The highest BCUT2D eigenvalue weighted by Crippen LogP contribution is 2.25. The summed E-state index contributed by atoms with van der Waals surface area (Å²) in [5, 5.41) is 9.34. The molecule has 0 aliphatic rings. The second-order valence-electron chi connectivity index (χ2n) is 3.96. The van der Waals surface area contributed by atoms with E-state index in [2.05, 4.69) is 4.98 Å². The Morgan fingerprint density at radius 3 is 3.00 bits per heavy atom. The maximum absolute atomic E-state index is 9.34. The van der Waals surface area contributed by atoms with Crippen molar-refractivity contribution < 1.29 is 9.52 Å². The molecule has 0 saturated carbocycles. The van der Waals surface area contributed by atoms with E-state index in [4.69, 9.17) is 10.2 Å². The fourth-order valence-electron chi connectivity index (χ4n) is 1.50. The molecule has 0 aliphatic heterocycles. The lowest BCUT2D eigenvalue weighted by atomic mass is 9.83. The minimum absolute atomic E-state index is 0.0170. The molecule has 0 aliphatic carbocycles. The van der Waals surface area contributed by atoms with Crippen LogP contribution in [0.2, 0.25) is 0 Å². The summed E-state index contributed by atoms with van der Waals surface area (Å²) in [6.07, 6.45) is 1.41. The molecule has 1 aromatic carbocycles. The Bertz CT molecular complexity index is 460. The van der Waals surface area contributed by atoms with E-state index in [-0.39, 0.29) is 6.61 Å². The first kappa shape index (κ1) is 10.1. The molecule has 1 atom stereocenters. The van der Waals surface area contributed by atoms with E-state index in [9.17, 15) is 5.11 Å². The van der Waals surface area contributed by atoms with E-state index < -0.39 is 5.41 Å². The molecule has 0 fully saturated rings. The van der Waals surface area contributed by atoms with Crippen molar-refractivity contribution >= 4 is 11.1 Å². The number of hydrogen-bond acceptors (Lipinski definition) is 4. The number of nitrogens with zero attached hydrogens (tertiary/aromatic N) is 1. The Kier molecular flexibility index (Phi) is 2.46. The third-order valence-corrected chi connectivity index (χ3v) is 2.83. The molecule has 3 N–H and O–H groups in total. The number of aliphatic hydroxyl groups excluding tert-OH is 1. The maximum atomic E-state index is 9.34. The van der Waals surface area contributed by atoms with Crippen LogP contribution in [0.25, 0.3) is 11.1 Å². The molecular formula is C11H14N2O2. The SMILES string of the molecule is CC(CN)(CO)c1ccc2ncoc2c1. The first-order valence-electron chi connectivity index (χ1n) is 4.84. The lowest BCUT2D eigenvalue weighted by molar-refractivity contribution is 0.210. The Hall–Kier alpha value is -1.39. The fourth-order valence-corrected chi connectivity index (χ4v) is 1.50. The summed E-state index contributed by atoms with van der Waals surface area (Å²) in [5.74, 6) is 0. The van der Waals surface area contributed by atoms with Gasteiger partial charge in [0.05, 0.1) is 6.61 Å². The van der Waals surface area contributed by atoms with Crippen molar-refractivity contribution in [1.29, 1.82) is 0 Å².